The molecular weight excluding hydrogens is 715 g/mol. The Balaban J connectivity index is 1.65. The van der Waals surface area contributed by atoms with Crippen molar-refractivity contribution in [3.63, 3.8) is 0 Å². The molecule has 0 aliphatic carbocycles. The van der Waals surface area contributed by atoms with Gasteiger partial charge in [0.05, 0.1) is 64.5 Å². The van der Waals surface area contributed by atoms with Crippen molar-refractivity contribution in [2.24, 2.45) is 5.92 Å². The van der Waals surface area contributed by atoms with Crippen LogP contribution in [-0.4, -0.2) is 114 Å². The molecule has 292 valence electrons. The van der Waals surface area contributed by atoms with Gasteiger partial charge in [0.2, 0.25) is 0 Å². The van der Waals surface area contributed by atoms with E-state index in [-0.39, 0.29) is 53.7 Å². The Labute approximate surface area is 309 Å². The van der Waals surface area contributed by atoms with Crippen LogP contribution in [0.2, 0.25) is 0 Å². The Bertz CT molecular complexity index is 1880. The smallest absolute Gasteiger partial charge is 0.415 e. The summed E-state index contributed by atoms with van der Waals surface area (Å²) in [6.07, 6.45) is -2.66. The van der Waals surface area contributed by atoms with E-state index in [2.05, 4.69) is 29.1 Å². The molecule has 0 spiro atoms. The number of likely N-dealkylation sites (tertiary alicyclic amines) is 1. The fourth-order valence-electron chi connectivity index (χ4n) is 6.12. The lowest BCUT2D eigenvalue weighted by molar-refractivity contribution is -0.140. The van der Waals surface area contributed by atoms with E-state index >= 15 is 0 Å². The number of carbonyl (C=O) groups is 1. The summed E-state index contributed by atoms with van der Waals surface area (Å²) in [6.45, 7) is 6.51. The number of alkyl halides is 3. The maximum Gasteiger partial charge on any atom is 0.415 e. The number of aliphatic hydroxyl groups is 1. The summed E-state index contributed by atoms with van der Waals surface area (Å²) in [5, 5.41) is 23.4. The zero-order chi connectivity index (χ0) is 39.0. The van der Waals surface area contributed by atoms with Gasteiger partial charge >= 0.3 is 12.3 Å². The summed E-state index contributed by atoms with van der Waals surface area (Å²) in [5.41, 5.74) is 0.217. The molecule has 3 atom stereocenters. The first-order valence-electron chi connectivity index (χ1n) is 17.3. The first kappa shape index (κ1) is 41.7. The monoisotopic (exact) mass is 765 g/mol. The molecule has 1 amide bonds. The lowest BCUT2D eigenvalue weighted by Gasteiger charge is -2.38. The second-order valence-electron chi connectivity index (χ2n) is 14.2. The summed E-state index contributed by atoms with van der Waals surface area (Å²) >= 11 is 0. The standard InChI is InChI=1S/C37H50F3N5O7S/c1-36(2,3)52-35(48)44(28-20-29(47)23-30(21-28)53(5,41)49)13-7-8-27-22-31-33(9-6-10-34(31)45(27)25-37(38,39)40)42-32-11-14-43(4)24-26(32)12-16-50-18-19-51-17-15-46/h6,9-10,20-23,26,32,41-42,46-47H,11-19,24-25H2,1-5H3/t26-,32-,53-/m1/s1. The van der Waals surface area contributed by atoms with Crippen molar-refractivity contribution in [2.75, 3.05) is 76.2 Å². The molecule has 0 saturated carbocycles. The molecule has 1 fully saturated rings. The molecule has 1 aliphatic rings. The van der Waals surface area contributed by atoms with E-state index < -0.39 is 34.1 Å². The molecular formula is C37H50F3N5O7S. The zero-order valence-corrected chi connectivity index (χ0v) is 31.6. The molecule has 1 aromatic heterocycles. The number of aromatic nitrogens is 1. The van der Waals surface area contributed by atoms with Gasteiger partial charge in [-0.3, -0.25) is 4.90 Å². The Morgan fingerprint density at radius 2 is 1.83 bits per heavy atom. The van der Waals surface area contributed by atoms with Gasteiger partial charge < -0.3 is 39.2 Å². The van der Waals surface area contributed by atoms with E-state index in [0.717, 1.165) is 35.4 Å². The minimum absolute atomic E-state index is 0.0254. The average Bonchev–Trinajstić information content (AvgIpc) is 3.38. The molecule has 0 unspecified atom stereocenters. The molecule has 0 radical (unpaired) electrons. The van der Waals surface area contributed by atoms with E-state index in [1.165, 1.54) is 24.5 Å². The molecule has 1 aliphatic heterocycles. The number of carbonyl (C=O) groups excluding carboxylic acids is 1. The van der Waals surface area contributed by atoms with Crippen LogP contribution in [0.5, 0.6) is 5.75 Å². The molecule has 12 nitrogen and oxygen atoms in total. The molecule has 1 saturated heterocycles. The first-order valence-corrected chi connectivity index (χ1v) is 19.3. The van der Waals surface area contributed by atoms with E-state index in [1.54, 1.807) is 39.0 Å². The number of halogens is 3. The van der Waals surface area contributed by atoms with Gasteiger partial charge in [-0.2, -0.15) is 13.2 Å². The Hall–Kier alpha value is -4.01. The number of hydrogen-bond donors (Lipinski definition) is 4. The largest absolute Gasteiger partial charge is 0.508 e. The minimum Gasteiger partial charge on any atom is -0.508 e. The lowest BCUT2D eigenvalue weighted by Crippen LogP contribution is -2.45. The predicted octanol–water partition coefficient (Wildman–Crippen LogP) is 5.89. The van der Waals surface area contributed by atoms with Gasteiger partial charge in [-0.25, -0.2) is 13.8 Å². The number of nitrogens with one attached hydrogen (secondary N) is 2. The van der Waals surface area contributed by atoms with Gasteiger partial charge in [-0.15, -0.1) is 0 Å². The maximum atomic E-state index is 14.0. The van der Waals surface area contributed by atoms with Crippen LogP contribution >= 0.6 is 0 Å². The van der Waals surface area contributed by atoms with E-state index in [4.69, 9.17) is 24.1 Å². The molecule has 4 N–H and O–H groups in total. The number of phenols is 1. The van der Waals surface area contributed by atoms with Crippen LogP contribution in [0.1, 0.15) is 39.3 Å². The van der Waals surface area contributed by atoms with E-state index in [0.29, 0.717) is 36.4 Å². The Morgan fingerprint density at radius 3 is 2.49 bits per heavy atom. The summed E-state index contributed by atoms with van der Waals surface area (Å²) in [6, 6.07) is 10.5. The van der Waals surface area contributed by atoms with Crippen molar-refractivity contribution in [1.29, 1.82) is 4.78 Å². The van der Waals surface area contributed by atoms with Gasteiger partial charge in [0.25, 0.3) is 0 Å². The molecule has 2 heterocycles. The van der Waals surface area contributed by atoms with Crippen molar-refractivity contribution in [1.82, 2.24) is 9.47 Å². The normalized spacial score (nSPS) is 17.9. The predicted molar refractivity (Wildman–Crippen MR) is 198 cm³/mol. The highest BCUT2D eigenvalue weighted by molar-refractivity contribution is 7.91. The summed E-state index contributed by atoms with van der Waals surface area (Å²) < 4.78 is 80.1. The SMILES string of the molecule is CN1CC[C@@H](Nc2cccc3c2cc(C#CCN(C(=O)OC(C)(C)C)c2cc(O)cc([S@](C)(=N)=O)c2)n3CC(F)(F)F)[C@H](CCOCCOCCO)C1. The fourth-order valence-corrected chi connectivity index (χ4v) is 6.81. The van der Waals surface area contributed by atoms with Crippen molar-refractivity contribution in [3.8, 4) is 17.6 Å². The van der Waals surface area contributed by atoms with Crippen LogP contribution in [0, 0.1) is 22.5 Å². The van der Waals surface area contributed by atoms with Gasteiger partial charge in [-0.1, -0.05) is 12.0 Å². The van der Waals surface area contributed by atoms with Crippen LogP contribution in [0.4, 0.5) is 29.3 Å². The lowest BCUT2D eigenvalue weighted by atomic mass is 9.89. The van der Waals surface area contributed by atoms with Crippen LogP contribution < -0.4 is 10.2 Å². The third kappa shape index (κ3) is 12.5. The Kier molecular flexibility index (Phi) is 14.1. The number of aromatic hydroxyl groups is 1. The maximum absolute atomic E-state index is 14.0. The van der Waals surface area contributed by atoms with E-state index in [1.807, 2.05) is 6.07 Å². The van der Waals surface area contributed by atoms with Gasteiger partial charge in [0, 0.05) is 42.6 Å². The van der Waals surface area contributed by atoms with Crippen LogP contribution in [0.3, 0.4) is 0 Å². The number of rotatable bonds is 14. The number of phenolic OH excluding ortho intramolecular Hbond substituents is 1. The van der Waals surface area contributed by atoms with Crippen molar-refractivity contribution in [2.45, 2.75) is 62.9 Å². The highest BCUT2D eigenvalue weighted by Crippen LogP contribution is 2.33. The third-order valence-electron chi connectivity index (χ3n) is 8.51. The first-order chi connectivity index (χ1) is 24.8. The molecule has 16 heteroatoms. The number of benzene rings is 2. The fraction of sp³-hybridized carbons (Fsp3) is 0.541. The van der Waals surface area contributed by atoms with Crippen LogP contribution in [0.25, 0.3) is 10.9 Å². The second-order valence-corrected chi connectivity index (χ2v) is 16.3. The zero-order valence-electron chi connectivity index (χ0n) is 30.8. The third-order valence-corrected chi connectivity index (χ3v) is 9.64. The quantitative estimate of drug-likeness (QED) is 0.117. The van der Waals surface area contributed by atoms with Crippen LogP contribution in [-0.2, 0) is 30.5 Å². The number of piperidine rings is 1. The molecule has 3 aromatic rings. The summed E-state index contributed by atoms with van der Waals surface area (Å²) in [7, 11) is -1.23. The number of nitrogens with zero attached hydrogens (tertiary/aromatic N) is 3. The Morgan fingerprint density at radius 1 is 1.11 bits per heavy atom. The number of ether oxygens (including phenoxy) is 3. The second kappa shape index (κ2) is 17.9. The van der Waals surface area contributed by atoms with Gasteiger partial charge in [0.1, 0.15) is 17.9 Å². The molecule has 0 bridgehead atoms. The number of amides is 1. The highest BCUT2D eigenvalue weighted by Gasteiger charge is 2.31. The van der Waals surface area contributed by atoms with Gasteiger partial charge in [-0.05, 0) is 89.4 Å². The molecule has 53 heavy (non-hydrogen) atoms. The number of aliphatic hydroxyl groups excluding tert-OH is 1. The molecule has 4 rings (SSSR count). The minimum atomic E-state index is -4.56. The van der Waals surface area contributed by atoms with Crippen molar-refractivity contribution < 1.29 is 46.6 Å². The number of hydrogen-bond acceptors (Lipinski definition) is 10. The number of anilines is 2. The van der Waals surface area contributed by atoms with E-state index in [9.17, 15) is 27.3 Å². The summed E-state index contributed by atoms with van der Waals surface area (Å²) in [5.74, 6) is 5.51. The van der Waals surface area contributed by atoms with Gasteiger partial charge in [0.15, 0.2) is 0 Å². The highest BCUT2D eigenvalue weighted by atomic mass is 32.2. The molecule has 2 aromatic carbocycles. The summed E-state index contributed by atoms with van der Waals surface area (Å²) in [4.78, 5) is 16.6. The van der Waals surface area contributed by atoms with Crippen LogP contribution in [0.15, 0.2) is 47.4 Å². The average molecular weight is 766 g/mol. The topological polar surface area (TPSA) is 150 Å². The number of fused-ring (bicyclic) bond motifs is 1. The van der Waals surface area contributed by atoms with Crippen molar-refractivity contribution in [3.05, 3.63) is 48.2 Å². The van der Waals surface area contributed by atoms with Crippen molar-refractivity contribution >= 4 is 38.1 Å².